The maximum atomic E-state index is 12.2. The lowest BCUT2D eigenvalue weighted by Gasteiger charge is -2.13. The van der Waals surface area contributed by atoms with Crippen molar-refractivity contribution in [3.63, 3.8) is 0 Å². The zero-order chi connectivity index (χ0) is 16.2. The smallest absolute Gasteiger partial charge is 0.216 e. The van der Waals surface area contributed by atoms with Gasteiger partial charge in [0.15, 0.2) is 9.84 Å². The molecule has 0 spiro atoms. The molecule has 1 unspecified atom stereocenters. The number of nitrogens with one attached hydrogen (secondary N) is 1. The van der Waals surface area contributed by atoms with E-state index in [1.54, 1.807) is 12.1 Å². The van der Waals surface area contributed by atoms with Crippen molar-refractivity contribution in [3.8, 4) is 0 Å². The monoisotopic (exact) mass is 353 g/mol. The van der Waals surface area contributed by atoms with Crippen LogP contribution in [0.15, 0.2) is 59.5 Å². The molecule has 0 fully saturated rings. The number of Topliss-reactive ketones (excluding diaryl/α,β-unsaturated/α-hetero) is 1. The molecule has 0 heterocycles. The van der Waals surface area contributed by atoms with Crippen molar-refractivity contribution in [1.29, 1.82) is 0 Å². The molecular weight excluding hydrogens is 334 g/mol. The second kappa shape index (κ2) is 8.24. The highest BCUT2D eigenvalue weighted by atomic mass is 35.5. The minimum atomic E-state index is -3.23. The molecule has 0 amide bonds. The van der Waals surface area contributed by atoms with Crippen LogP contribution in [0.5, 0.6) is 0 Å². The predicted molar refractivity (Wildman–Crippen MR) is 85.8 cm³/mol. The lowest BCUT2D eigenvalue weighted by Crippen LogP contribution is -3.08. The zero-order valence-electron chi connectivity index (χ0n) is 13.1. The van der Waals surface area contributed by atoms with Gasteiger partial charge in [0.25, 0.3) is 0 Å². The van der Waals surface area contributed by atoms with E-state index in [1.807, 2.05) is 37.4 Å². The Labute approximate surface area is 143 Å². The van der Waals surface area contributed by atoms with E-state index in [2.05, 4.69) is 0 Å². The van der Waals surface area contributed by atoms with Crippen molar-refractivity contribution >= 4 is 15.6 Å². The summed E-state index contributed by atoms with van der Waals surface area (Å²) in [7, 11) is -1.26. The molecule has 0 aliphatic carbocycles. The summed E-state index contributed by atoms with van der Waals surface area (Å²) in [5, 5.41) is 0. The molecule has 1 N–H and O–H groups in total. The summed E-state index contributed by atoms with van der Waals surface area (Å²) in [5.41, 5.74) is 1.72. The van der Waals surface area contributed by atoms with Gasteiger partial charge < -0.3 is 17.3 Å². The number of halogens is 1. The maximum Gasteiger partial charge on any atom is 0.216 e. The van der Waals surface area contributed by atoms with Gasteiger partial charge in [0, 0.05) is 17.4 Å². The SMILES string of the molecule is C[NH+](CC(=O)c1ccc(S(C)(=O)=O)cc1)Cc1ccccc1.[Cl-]. The number of sulfone groups is 1. The lowest BCUT2D eigenvalue weighted by atomic mass is 10.1. The third kappa shape index (κ3) is 5.78. The van der Waals surface area contributed by atoms with Gasteiger partial charge in [-0.2, -0.15) is 0 Å². The highest BCUT2D eigenvalue weighted by Gasteiger charge is 2.14. The van der Waals surface area contributed by atoms with Crippen LogP contribution in [-0.2, 0) is 16.4 Å². The Balaban J connectivity index is 0.00000264. The van der Waals surface area contributed by atoms with E-state index < -0.39 is 9.84 Å². The maximum absolute atomic E-state index is 12.2. The van der Waals surface area contributed by atoms with Crippen LogP contribution in [0.1, 0.15) is 15.9 Å². The minimum absolute atomic E-state index is 0. The normalized spacial score (nSPS) is 12.3. The van der Waals surface area contributed by atoms with Crippen LogP contribution in [0.4, 0.5) is 0 Å². The summed E-state index contributed by atoms with van der Waals surface area (Å²) in [5.74, 6) is 0.00785. The Bertz CT molecular complexity index is 743. The fourth-order valence-electron chi connectivity index (χ4n) is 2.27. The van der Waals surface area contributed by atoms with Crippen molar-refractivity contribution in [3.05, 3.63) is 65.7 Å². The van der Waals surface area contributed by atoms with Crippen molar-refractivity contribution in [2.45, 2.75) is 11.4 Å². The number of carbonyl (C=O) groups is 1. The molecule has 0 bridgehead atoms. The van der Waals surface area contributed by atoms with E-state index >= 15 is 0 Å². The van der Waals surface area contributed by atoms with E-state index in [-0.39, 0.29) is 23.1 Å². The Hall–Kier alpha value is -1.69. The van der Waals surface area contributed by atoms with Crippen molar-refractivity contribution in [2.75, 3.05) is 19.8 Å². The largest absolute Gasteiger partial charge is 1.00 e. The summed E-state index contributed by atoms with van der Waals surface area (Å²) in [6.45, 7) is 1.14. The molecule has 4 nitrogen and oxygen atoms in total. The number of carbonyl (C=O) groups excluding carboxylic acids is 1. The molecule has 0 saturated carbocycles. The molecule has 0 radical (unpaired) electrons. The Morgan fingerprint density at radius 3 is 2.09 bits per heavy atom. The Morgan fingerprint density at radius 2 is 1.57 bits per heavy atom. The second-order valence-electron chi connectivity index (χ2n) is 5.52. The van der Waals surface area contributed by atoms with Crippen molar-refractivity contribution in [2.24, 2.45) is 0 Å². The van der Waals surface area contributed by atoms with Crippen LogP contribution >= 0.6 is 0 Å². The summed E-state index contributed by atoms with van der Waals surface area (Å²) >= 11 is 0. The molecule has 0 saturated heterocycles. The van der Waals surface area contributed by atoms with Crippen LogP contribution in [0.2, 0.25) is 0 Å². The molecule has 23 heavy (non-hydrogen) atoms. The van der Waals surface area contributed by atoms with Crippen molar-refractivity contribution in [1.82, 2.24) is 0 Å². The van der Waals surface area contributed by atoms with Gasteiger partial charge >= 0.3 is 0 Å². The van der Waals surface area contributed by atoms with Crippen LogP contribution in [0, 0.1) is 0 Å². The standard InChI is InChI=1S/C17H19NO3S.ClH/c1-18(12-14-6-4-3-5-7-14)13-17(19)15-8-10-16(11-9-15)22(2,20)21;/h3-11H,12-13H2,1-2H3;1H. The van der Waals surface area contributed by atoms with Gasteiger partial charge in [0.2, 0.25) is 5.78 Å². The van der Waals surface area contributed by atoms with Crippen molar-refractivity contribution < 1.29 is 30.5 Å². The highest BCUT2D eigenvalue weighted by molar-refractivity contribution is 7.90. The first kappa shape index (κ1) is 19.4. The van der Waals surface area contributed by atoms with E-state index in [4.69, 9.17) is 0 Å². The minimum Gasteiger partial charge on any atom is -1.00 e. The van der Waals surface area contributed by atoms with E-state index in [1.165, 1.54) is 17.7 Å². The average Bonchev–Trinajstić information content (AvgIpc) is 2.47. The number of ketones is 1. The lowest BCUT2D eigenvalue weighted by molar-refractivity contribution is -0.884. The molecule has 0 aromatic heterocycles. The van der Waals surface area contributed by atoms with Gasteiger partial charge in [-0.05, 0) is 24.3 Å². The first-order valence-electron chi connectivity index (χ1n) is 7.05. The van der Waals surface area contributed by atoms with Gasteiger partial charge in [0.1, 0.15) is 13.1 Å². The van der Waals surface area contributed by atoms with E-state index in [0.29, 0.717) is 12.1 Å². The summed E-state index contributed by atoms with van der Waals surface area (Å²) in [4.78, 5) is 13.6. The molecular formula is C17H20ClNO3S. The van der Waals surface area contributed by atoms with Gasteiger partial charge in [0.05, 0.1) is 11.9 Å². The molecule has 2 aromatic rings. The summed E-state index contributed by atoms with van der Waals surface area (Å²) in [6, 6.07) is 16.1. The first-order valence-corrected chi connectivity index (χ1v) is 8.94. The summed E-state index contributed by atoms with van der Waals surface area (Å²) < 4.78 is 22.8. The predicted octanol–water partition coefficient (Wildman–Crippen LogP) is -2.01. The number of benzene rings is 2. The second-order valence-corrected chi connectivity index (χ2v) is 7.53. The molecule has 1 atom stereocenters. The molecule has 2 rings (SSSR count). The molecule has 124 valence electrons. The zero-order valence-corrected chi connectivity index (χ0v) is 14.7. The van der Waals surface area contributed by atoms with Crippen LogP contribution < -0.4 is 17.3 Å². The van der Waals surface area contributed by atoms with E-state index in [0.717, 1.165) is 17.7 Å². The molecule has 0 aliphatic heterocycles. The number of rotatable bonds is 6. The van der Waals surface area contributed by atoms with Crippen LogP contribution in [-0.4, -0.2) is 34.0 Å². The van der Waals surface area contributed by atoms with E-state index in [9.17, 15) is 13.2 Å². The van der Waals surface area contributed by atoms with Crippen LogP contribution in [0.3, 0.4) is 0 Å². The Morgan fingerprint density at radius 1 is 1.00 bits per heavy atom. The molecule has 0 aliphatic rings. The molecule has 2 aromatic carbocycles. The number of hydrogen-bond acceptors (Lipinski definition) is 3. The first-order chi connectivity index (χ1) is 10.4. The van der Waals surface area contributed by atoms with Gasteiger partial charge in [-0.1, -0.05) is 30.3 Å². The third-order valence-electron chi connectivity index (χ3n) is 3.42. The topological polar surface area (TPSA) is 55.6 Å². The number of likely N-dealkylation sites (N-methyl/N-ethyl adjacent to an activating group) is 1. The fourth-order valence-corrected chi connectivity index (χ4v) is 2.90. The molecule has 6 heteroatoms. The highest BCUT2D eigenvalue weighted by Crippen LogP contribution is 2.10. The van der Waals surface area contributed by atoms with Gasteiger partial charge in [-0.15, -0.1) is 0 Å². The fraction of sp³-hybridized carbons (Fsp3) is 0.235. The Kier molecular flexibility index (Phi) is 6.94. The van der Waals surface area contributed by atoms with Gasteiger partial charge in [-0.25, -0.2) is 8.42 Å². The van der Waals surface area contributed by atoms with Crippen LogP contribution in [0.25, 0.3) is 0 Å². The number of hydrogen-bond donors (Lipinski definition) is 1. The quantitative estimate of drug-likeness (QED) is 0.611. The third-order valence-corrected chi connectivity index (χ3v) is 4.54. The number of quaternary nitrogens is 1. The van der Waals surface area contributed by atoms with Gasteiger partial charge in [-0.3, -0.25) is 4.79 Å². The summed E-state index contributed by atoms with van der Waals surface area (Å²) in [6.07, 6.45) is 1.15. The average molecular weight is 354 g/mol.